The summed E-state index contributed by atoms with van der Waals surface area (Å²) < 4.78 is 45.7. The summed E-state index contributed by atoms with van der Waals surface area (Å²) >= 11 is 0. The second-order valence-corrected chi connectivity index (χ2v) is 7.39. The summed E-state index contributed by atoms with van der Waals surface area (Å²) in [5.74, 6) is 0.271. The van der Waals surface area contributed by atoms with Crippen LogP contribution in [0.2, 0.25) is 0 Å². The van der Waals surface area contributed by atoms with Gasteiger partial charge in [-0.1, -0.05) is 36.4 Å². The van der Waals surface area contributed by atoms with E-state index < -0.39 is 10.1 Å². The molecule has 0 atom stereocenters. The molecule has 0 saturated heterocycles. The summed E-state index contributed by atoms with van der Waals surface area (Å²) in [4.78, 5) is 0.0288. The SMILES string of the molecule is CCOS(=O)(=O)c1ccc(C)cc1OCCOCCOCc1ccccc1. The summed E-state index contributed by atoms with van der Waals surface area (Å²) in [5.41, 5.74) is 2.01. The molecule has 27 heavy (non-hydrogen) atoms. The lowest BCUT2D eigenvalue weighted by atomic mass is 10.2. The Morgan fingerprint density at radius 1 is 0.889 bits per heavy atom. The maximum atomic E-state index is 12.1. The molecule has 2 aromatic carbocycles. The lowest BCUT2D eigenvalue weighted by Crippen LogP contribution is -2.13. The van der Waals surface area contributed by atoms with E-state index in [1.54, 1.807) is 19.1 Å². The molecule has 0 unspecified atom stereocenters. The van der Waals surface area contributed by atoms with E-state index >= 15 is 0 Å². The van der Waals surface area contributed by atoms with Crippen molar-refractivity contribution in [2.45, 2.75) is 25.3 Å². The first-order valence-electron chi connectivity index (χ1n) is 8.85. The van der Waals surface area contributed by atoms with Gasteiger partial charge in [0.15, 0.2) is 0 Å². The predicted molar refractivity (Wildman–Crippen MR) is 102 cm³/mol. The van der Waals surface area contributed by atoms with Gasteiger partial charge < -0.3 is 14.2 Å². The number of aryl methyl sites for hydroxylation is 1. The van der Waals surface area contributed by atoms with E-state index in [2.05, 4.69) is 0 Å². The minimum Gasteiger partial charge on any atom is -0.490 e. The first-order valence-corrected chi connectivity index (χ1v) is 10.3. The van der Waals surface area contributed by atoms with E-state index in [0.29, 0.717) is 26.4 Å². The van der Waals surface area contributed by atoms with Crippen molar-refractivity contribution in [1.29, 1.82) is 0 Å². The summed E-state index contributed by atoms with van der Waals surface area (Å²) in [6, 6.07) is 14.8. The molecule has 0 aliphatic heterocycles. The molecule has 0 amide bonds. The average molecular weight is 394 g/mol. The van der Waals surface area contributed by atoms with Crippen LogP contribution in [0, 0.1) is 6.92 Å². The number of hydrogen-bond acceptors (Lipinski definition) is 6. The van der Waals surface area contributed by atoms with Crippen LogP contribution in [-0.2, 0) is 30.4 Å². The van der Waals surface area contributed by atoms with Gasteiger partial charge in [0.2, 0.25) is 0 Å². The third-order valence-corrected chi connectivity index (χ3v) is 5.03. The van der Waals surface area contributed by atoms with Crippen LogP contribution in [0.15, 0.2) is 53.4 Å². The molecule has 0 heterocycles. The third-order valence-electron chi connectivity index (χ3n) is 3.61. The predicted octanol–water partition coefficient (Wildman–Crippen LogP) is 3.33. The van der Waals surface area contributed by atoms with Crippen molar-refractivity contribution in [3.05, 3.63) is 59.7 Å². The molecule has 0 aliphatic carbocycles. The van der Waals surface area contributed by atoms with Crippen molar-refractivity contribution >= 4 is 10.1 Å². The molecule has 6 nitrogen and oxygen atoms in total. The Hall–Kier alpha value is -1.93. The minimum absolute atomic E-state index is 0.0288. The molecule has 0 radical (unpaired) electrons. The fraction of sp³-hybridized carbons (Fsp3) is 0.400. The molecule has 0 aliphatic rings. The summed E-state index contributed by atoms with van der Waals surface area (Å²) in [6.07, 6.45) is 0. The zero-order valence-electron chi connectivity index (χ0n) is 15.7. The fourth-order valence-corrected chi connectivity index (χ4v) is 3.38. The van der Waals surface area contributed by atoms with Crippen LogP contribution in [0.3, 0.4) is 0 Å². The molecule has 2 rings (SSSR count). The van der Waals surface area contributed by atoms with Crippen LogP contribution >= 0.6 is 0 Å². The Morgan fingerprint density at radius 3 is 2.33 bits per heavy atom. The van der Waals surface area contributed by atoms with Gasteiger partial charge in [-0.05, 0) is 37.1 Å². The zero-order valence-corrected chi connectivity index (χ0v) is 16.5. The fourth-order valence-electron chi connectivity index (χ4n) is 2.35. The van der Waals surface area contributed by atoms with Crippen molar-refractivity contribution in [2.24, 2.45) is 0 Å². The number of ether oxygens (including phenoxy) is 3. The standard InChI is InChI=1S/C20H26O6S/c1-3-26-27(21,22)20-10-9-17(2)15-19(20)25-14-13-23-11-12-24-16-18-7-5-4-6-8-18/h4-10,15H,3,11-14,16H2,1-2H3. The van der Waals surface area contributed by atoms with Gasteiger partial charge in [0.1, 0.15) is 17.3 Å². The Balaban J connectivity index is 1.71. The Bertz CT molecular complexity index is 789. The summed E-state index contributed by atoms with van der Waals surface area (Å²) in [5, 5.41) is 0. The van der Waals surface area contributed by atoms with Crippen molar-refractivity contribution in [3.8, 4) is 5.75 Å². The number of hydrogen-bond donors (Lipinski definition) is 0. The van der Waals surface area contributed by atoms with Gasteiger partial charge in [-0.2, -0.15) is 8.42 Å². The lowest BCUT2D eigenvalue weighted by Gasteiger charge is -2.13. The van der Waals surface area contributed by atoms with E-state index in [1.807, 2.05) is 37.3 Å². The molecule has 0 saturated carbocycles. The maximum absolute atomic E-state index is 12.1. The number of benzene rings is 2. The zero-order chi connectivity index (χ0) is 19.5. The first kappa shape index (κ1) is 21.4. The molecular formula is C20H26O6S. The molecular weight excluding hydrogens is 368 g/mol. The lowest BCUT2D eigenvalue weighted by molar-refractivity contribution is 0.0300. The van der Waals surface area contributed by atoms with Crippen LogP contribution in [0.25, 0.3) is 0 Å². The molecule has 0 aromatic heterocycles. The van der Waals surface area contributed by atoms with Crippen LogP contribution in [0.4, 0.5) is 0 Å². The highest BCUT2D eigenvalue weighted by atomic mass is 32.2. The molecule has 0 bridgehead atoms. The molecule has 7 heteroatoms. The molecule has 0 N–H and O–H groups in total. The van der Waals surface area contributed by atoms with Crippen molar-refractivity contribution in [2.75, 3.05) is 33.0 Å². The molecule has 2 aromatic rings. The largest absolute Gasteiger partial charge is 0.490 e. The highest BCUT2D eigenvalue weighted by Gasteiger charge is 2.20. The van der Waals surface area contributed by atoms with Gasteiger partial charge in [-0.15, -0.1) is 0 Å². The summed E-state index contributed by atoms with van der Waals surface area (Å²) in [6.45, 7) is 5.58. The number of rotatable bonds is 12. The Morgan fingerprint density at radius 2 is 1.59 bits per heavy atom. The Labute approximate surface area is 161 Å². The van der Waals surface area contributed by atoms with E-state index in [1.165, 1.54) is 6.07 Å². The van der Waals surface area contributed by atoms with Gasteiger partial charge in [0.25, 0.3) is 0 Å². The van der Waals surface area contributed by atoms with Crippen molar-refractivity contribution in [1.82, 2.24) is 0 Å². The third kappa shape index (κ3) is 7.30. The van der Waals surface area contributed by atoms with E-state index in [-0.39, 0.29) is 23.9 Å². The topological polar surface area (TPSA) is 71.1 Å². The van der Waals surface area contributed by atoms with E-state index in [9.17, 15) is 8.42 Å². The Kier molecular flexibility index (Phi) is 8.74. The monoisotopic (exact) mass is 394 g/mol. The van der Waals surface area contributed by atoms with Gasteiger partial charge in [-0.25, -0.2) is 0 Å². The van der Waals surface area contributed by atoms with E-state index in [0.717, 1.165) is 11.1 Å². The van der Waals surface area contributed by atoms with Crippen molar-refractivity contribution in [3.63, 3.8) is 0 Å². The second-order valence-electron chi connectivity index (χ2n) is 5.81. The van der Waals surface area contributed by atoms with Gasteiger partial charge in [0.05, 0.1) is 33.0 Å². The van der Waals surface area contributed by atoms with Crippen molar-refractivity contribution < 1.29 is 26.8 Å². The minimum atomic E-state index is -3.82. The maximum Gasteiger partial charge on any atom is 0.300 e. The van der Waals surface area contributed by atoms with Gasteiger partial charge >= 0.3 is 10.1 Å². The first-order chi connectivity index (χ1) is 13.0. The normalized spacial score (nSPS) is 11.5. The van der Waals surface area contributed by atoms with Crippen LogP contribution in [0.5, 0.6) is 5.75 Å². The van der Waals surface area contributed by atoms with Crippen LogP contribution < -0.4 is 4.74 Å². The van der Waals surface area contributed by atoms with Gasteiger partial charge in [0, 0.05) is 0 Å². The van der Waals surface area contributed by atoms with Gasteiger partial charge in [-0.3, -0.25) is 4.18 Å². The highest BCUT2D eigenvalue weighted by Crippen LogP contribution is 2.26. The highest BCUT2D eigenvalue weighted by molar-refractivity contribution is 7.86. The quantitative estimate of drug-likeness (QED) is 0.406. The van der Waals surface area contributed by atoms with Crippen LogP contribution in [0.1, 0.15) is 18.1 Å². The molecule has 148 valence electrons. The summed E-state index contributed by atoms with van der Waals surface area (Å²) in [7, 11) is -3.82. The molecule has 0 fully saturated rings. The molecule has 0 spiro atoms. The average Bonchev–Trinajstić information content (AvgIpc) is 2.64. The smallest absolute Gasteiger partial charge is 0.300 e. The van der Waals surface area contributed by atoms with Crippen LogP contribution in [-0.4, -0.2) is 41.5 Å². The second kappa shape index (κ2) is 11.0. The van der Waals surface area contributed by atoms with E-state index in [4.69, 9.17) is 18.4 Å².